The Bertz CT molecular complexity index is 752. The Morgan fingerprint density at radius 1 is 1.33 bits per heavy atom. The van der Waals surface area contributed by atoms with E-state index in [1.165, 1.54) is 0 Å². The predicted octanol–water partition coefficient (Wildman–Crippen LogP) is 0.133. The Balaban J connectivity index is 1.51. The topological polar surface area (TPSA) is 94.5 Å². The second-order valence-corrected chi connectivity index (χ2v) is 6.15. The van der Waals surface area contributed by atoms with Crippen molar-refractivity contribution in [3.63, 3.8) is 0 Å². The van der Waals surface area contributed by atoms with E-state index < -0.39 is 0 Å². The average molecular weight is 329 g/mol. The van der Waals surface area contributed by atoms with E-state index in [1.807, 2.05) is 12.1 Å². The van der Waals surface area contributed by atoms with Gasteiger partial charge in [0.25, 0.3) is 5.91 Å². The Hall–Kier alpha value is -2.61. The molecule has 2 amide bonds. The molecular formula is C16H19N5O3. The van der Waals surface area contributed by atoms with Crippen LogP contribution in [0.15, 0.2) is 22.8 Å². The van der Waals surface area contributed by atoms with Gasteiger partial charge in [-0.2, -0.15) is 5.10 Å². The van der Waals surface area contributed by atoms with E-state index in [0.717, 1.165) is 30.0 Å². The van der Waals surface area contributed by atoms with Crippen molar-refractivity contribution in [3.8, 4) is 0 Å². The molecule has 4 heterocycles. The van der Waals surface area contributed by atoms with Crippen LogP contribution in [0.5, 0.6) is 0 Å². The molecule has 2 aliphatic heterocycles. The zero-order valence-electron chi connectivity index (χ0n) is 13.2. The van der Waals surface area contributed by atoms with Gasteiger partial charge in [-0.1, -0.05) is 0 Å². The van der Waals surface area contributed by atoms with Crippen molar-refractivity contribution in [2.45, 2.75) is 19.5 Å². The van der Waals surface area contributed by atoms with E-state index in [1.54, 1.807) is 11.2 Å². The first-order valence-corrected chi connectivity index (χ1v) is 8.07. The molecule has 0 atom stereocenters. The van der Waals surface area contributed by atoms with Gasteiger partial charge in [-0.3, -0.25) is 19.6 Å². The molecule has 0 aromatic carbocycles. The monoisotopic (exact) mass is 329 g/mol. The van der Waals surface area contributed by atoms with Crippen molar-refractivity contribution in [1.82, 2.24) is 25.3 Å². The largest absolute Gasteiger partial charge is 0.468 e. The Morgan fingerprint density at radius 2 is 2.25 bits per heavy atom. The number of furan rings is 1. The molecular weight excluding hydrogens is 310 g/mol. The molecule has 0 unspecified atom stereocenters. The number of hydrogen-bond donors (Lipinski definition) is 2. The highest BCUT2D eigenvalue weighted by Gasteiger charge is 2.30. The standard InChI is InChI=1S/C16H19N5O3/c22-14-10-21(6-4-17-14)16(23)15-12-9-20(5-3-13(12)18-19-15)8-11-2-1-7-24-11/h1-2,7H,3-6,8-10H2,(H,17,22)(H,18,19). The summed E-state index contributed by atoms with van der Waals surface area (Å²) in [5.41, 5.74) is 2.38. The SMILES string of the molecule is O=C1CN(C(=O)c2n[nH]c3c2CN(Cc2ccco2)CC3)CCN1. The van der Waals surface area contributed by atoms with E-state index in [4.69, 9.17) is 4.42 Å². The summed E-state index contributed by atoms with van der Waals surface area (Å²) in [6.45, 7) is 3.33. The molecule has 0 saturated carbocycles. The molecule has 126 valence electrons. The van der Waals surface area contributed by atoms with E-state index in [2.05, 4.69) is 20.4 Å². The number of aromatic nitrogens is 2. The van der Waals surface area contributed by atoms with Gasteiger partial charge in [0.15, 0.2) is 5.69 Å². The molecule has 4 rings (SSSR count). The smallest absolute Gasteiger partial charge is 0.275 e. The molecule has 0 bridgehead atoms. The number of carbonyl (C=O) groups excluding carboxylic acids is 2. The summed E-state index contributed by atoms with van der Waals surface area (Å²) in [6, 6.07) is 3.82. The minimum absolute atomic E-state index is 0.0938. The number of nitrogens with zero attached hydrogens (tertiary/aromatic N) is 3. The summed E-state index contributed by atoms with van der Waals surface area (Å²) in [7, 11) is 0. The van der Waals surface area contributed by atoms with Crippen molar-refractivity contribution in [1.29, 1.82) is 0 Å². The summed E-state index contributed by atoms with van der Waals surface area (Å²) in [4.78, 5) is 28.0. The maximum atomic E-state index is 12.7. The molecule has 8 nitrogen and oxygen atoms in total. The number of carbonyl (C=O) groups is 2. The predicted molar refractivity (Wildman–Crippen MR) is 84.0 cm³/mol. The third kappa shape index (κ3) is 2.80. The van der Waals surface area contributed by atoms with Crippen molar-refractivity contribution in [3.05, 3.63) is 41.1 Å². The Kier molecular flexibility index (Phi) is 3.81. The summed E-state index contributed by atoms with van der Waals surface area (Å²) >= 11 is 0. The number of H-pyrrole nitrogens is 1. The molecule has 1 saturated heterocycles. The van der Waals surface area contributed by atoms with E-state index in [9.17, 15) is 9.59 Å². The van der Waals surface area contributed by atoms with Gasteiger partial charge in [0.05, 0.1) is 19.4 Å². The highest BCUT2D eigenvalue weighted by atomic mass is 16.3. The van der Waals surface area contributed by atoms with Crippen LogP contribution in [-0.4, -0.2) is 58.0 Å². The number of hydrogen-bond acceptors (Lipinski definition) is 5. The first kappa shape index (κ1) is 14.9. The second kappa shape index (κ2) is 6.12. The number of nitrogens with one attached hydrogen (secondary N) is 2. The lowest BCUT2D eigenvalue weighted by Gasteiger charge is -2.28. The second-order valence-electron chi connectivity index (χ2n) is 6.15. The quantitative estimate of drug-likeness (QED) is 0.835. The molecule has 2 aromatic rings. The van der Waals surface area contributed by atoms with Gasteiger partial charge in [-0.15, -0.1) is 0 Å². The highest BCUT2D eigenvalue weighted by molar-refractivity contribution is 5.96. The Morgan fingerprint density at radius 3 is 3.04 bits per heavy atom. The highest BCUT2D eigenvalue weighted by Crippen LogP contribution is 2.23. The average Bonchev–Trinajstić information content (AvgIpc) is 3.23. The van der Waals surface area contributed by atoms with Crippen molar-refractivity contribution < 1.29 is 14.0 Å². The number of amides is 2. The van der Waals surface area contributed by atoms with Crippen LogP contribution in [0.3, 0.4) is 0 Å². The van der Waals surface area contributed by atoms with Gasteiger partial charge in [0.1, 0.15) is 5.76 Å². The third-order valence-corrected chi connectivity index (χ3v) is 4.50. The number of fused-ring (bicyclic) bond motifs is 1. The van der Waals surface area contributed by atoms with Crippen LogP contribution in [0, 0.1) is 0 Å². The number of aromatic amines is 1. The van der Waals surface area contributed by atoms with Gasteiger partial charge in [-0.05, 0) is 12.1 Å². The fourth-order valence-corrected chi connectivity index (χ4v) is 3.25. The third-order valence-electron chi connectivity index (χ3n) is 4.50. The van der Waals surface area contributed by atoms with E-state index in [0.29, 0.717) is 31.9 Å². The summed E-state index contributed by atoms with van der Waals surface area (Å²) in [5.74, 6) is 0.600. The zero-order chi connectivity index (χ0) is 16.5. The van der Waals surface area contributed by atoms with Crippen LogP contribution in [0.25, 0.3) is 0 Å². The zero-order valence-corrected chi connectivity index (χ0v) is 13.2. The maximum Gasteiger partial charge on any atom is 0.275 e. The molecule has 0 radical (unpaired) electrons. The molecule has 2 aliphatic rings. The molecule has 0 spiro atoms. The first-order valence-electron chi connectivity index (χ1n) is 8.07. The van der Waals surface area contributed by atoms with Gasteiger partial charge >= 0.3 is 0 Å². The van der Waals surface area contributed by atoms with Crippen molar-refractivity contribution in [2.24, 2.45) is 0 Å². The maximum absolute atomic E-state index is 12.7. The van der Waals surface area contributed by atoms with Crippen LogP contribution in [-0.2, 0) is 24.3 Å². The number of piperazine rings is 1. The molecule has 24 heavy (non-hydrogen) atoms. The van der Waals surface area contributed by atoms with Crippen LogP contribution < -0.4 is 5.32 Å². The fourth-order valence-electron chi connectivity index (χ4n) is 3.25. The molecule has 2 aromatic heterocycles. The fraction of sp³-hybridized carbons (Fsp3) is 0.438. The van der Waals surface area contributed by atoms with E-state index in [-0.39, 0.29) is 18.4 Å². The molecule has 0 aliphatic carbocycles. The minimum atomic E-state index is -0.179. The summed E-state index contributed by atoms with van der Waals surface area (Å²) in [6.07, 6.45) is 2.48. The first-order chi connectivity index (χ1) is 11.7. The van der Waals surface area contributed by atoms with Crippen molar-refractivity contribution >= 4 is 11.8 Å². The molecule has 8 heteroatoms. The molecule has 2 N–H and O–H groups in total. The van der Waals surface area contributed by atoms with Crippen LogP contribution in [0.4, 0.5) is 0 Å². The normalized spacial score (nSPS) is 18.3. The van der Waals surface area contributed by atoms with Gasteiger partial charge in [0.2, 0.25) is 5.91 Å². The van der Waals surface area contributed by atoms with E-state index >= 15 is 0 Å². The van der Waals surface area contributed by atoms with Gasteiger partial charge < -0.3 is 14.6 Å². The van der Waals surface area contributed by atoms with Gasteiger partial charge in [0, 0.05) is 43.9 Å². The lowest BCUT2D eigenvalue weighted by Crippen LogP contribution is -2.50. The van der Waals surface area contributed by atoms with Crippen LogP contribution >= 0.6 is 0 Å². The lowest BCUT2D eigenvalue weighted by molar-refractivity contribution is -0.123. The minimum Gasteiger partial charge on any atom is -0.468 e. The summed E-state index contributed by atoms with van der Waals surface area (Å²) < 4.78 is 5.41. The lowest BCUT2D eigenvalue weighted by atomic mass is 10.0. The van der Waals surface area contributed by atoms with Gasteiger partial charge in [-0.25, -0.2) is 0 Å². The summed E-state index contributed by atoms with van der Waals surface area (Å²) in [5, 5.41) is 9.95. The number of rotatable bonds is 3. The van der Waals surface area contributed by atoms with Crippen molar-refractivity contribution in [2.75, 3.05) is 26.2 Å². The molecule has 1 fully saturated rings. The van der Waals surface area contributed by atoms with Crippen LogP contribution in [0.1, 0.15) is 27.5 Å². The Labute approximate surface area is 138 Å². The van der Waals surface area contributed by atoms with Crippen LogP contribution in [0.2, 0.25) is 0 Å².